The quantitative estimate of drug-likeness (QED) is 0.898. The number of anilines is 1. The molecule has 1 aromatic rings. The van der Waals surface area contributed by atoms with Crippen LogP contribution >= 0.6 is 0 Å². The first-order valence-corrected chi connectivity index (χ1v) is 8.46. The highest BCUT2D eigenvalue weighted by Gasteiger charge is 2.26. The fourth-order valence-electron chi connectivity index (χ4n) is 3.87. The molecule has 116 valence electrons. The van der Waals surface area contributed by atoms with E-state index in [1.807, 2.05) is 0 Å². The zero-order chi connectivity index (χ0) is 14.8. The van der Waals surface area contributed by atoms with Gasteiger partial charge in [0.05, 0.1) is 0 Å². The van der Waals surface area contributed by atoms with Crippen molar-refractivity contribution < 1.29 is 0 Å². The van der Waals surface area contributed by atoms with E-state index in [1.165, 1.54) is 55.6 Å². The van der Waals surface area contributed by atoms with Crippen LogP contribution < -0.4 is 16.0 Å². The van der Waals surface area contributed by atoms with Gasteiger partial charge >= 0.3 is 0 Å². The zero-order valence-corrected chi connectivity index (χ0v) is 13.4. The first-order valence-electron chi connectivity index (χ1n) is 8.46. The molecule has 3 nitrogen and oxygen atoms in total. The van der Waals surface area contributed by atoms with Crippen LogP contribution in [0.5, 0.6) is 0 Å². The largest absolute Gasteiger partial charge is 0.371 e. The van der Waals surface area contributed by atoms with Crippen LogP contribution in [0.25, 0.3) is 0 Å². The number of nitrogens with zero attached hydrogens (tertiary/aromatic N) is 1. The molecule has 2 fully saturated rings. The summed E-state index contributed by atoms with van der Waals surface area (Å²) in [4.78, 5) is 2.56. The maximum absolute atomic E-state index is 6.01. The van der Waals surface area contributed by atoms with Gasteiger partial charge in [0.15, 0.2) is 0 Å². The molecule has 2 aliphatic rings. The monoisotopic (exact) mass is 287 g/mol. The van der Waals surface area contributed by atoms with E-state index < -0.39 is 0 Å². The van der Waals surface area contributed by atoms with Gasteiger partial charge in [-0.1, -0.05) is 12.1 Å². The summed E-state index contributed by atoms with van der Waals surface area (Å²) in [5.41, 5.74) is 10.3. The van der Waals surface area contributed by atoms with Gasteiger partial charge in [-0.2, -0.15) is 0 Å². The predicted molar refractivity (Wildman–Crippen MR) is 89.9 cm³/mol. The Morgan fingerprint density at radius 2 is 1.81 bits per heavy atom. The molecule has 3 heteroatoms. The van der Waals surface area contributed by atoms with E-state index in [9.17, 15) is 0 Å². The summed E-state index contributed by atoms with van der Waals surface area (Å²) < 4.78 is 0. The summed E-state index contributed by atoms with van der Waals surface area (Å²) >= 11 is 0. The van der Waals surface area contributed by atoms with E-state index in [0.29, 0.717) is 18.1 Å². The van der Waals surface area contributed by atoms with Crippen molar-refractivity contribution in [2.24, 2.45) is 5.73 Å². The lowest BCUT2D eigenvalue weighted by Crippen LogP contribution is -2.46. The van der Waals surface area contributed by atoms with Crippen LogP contribution in [0.3, 0.4) is 0 Å². The molecule has 3 N–H and O–H groups in total. The maximum atomic E-state index is 6.01. The van der Waals surface area contributed by atoms with Gasteiger partial charge in [-0.15, -0.1) is 0 Å². The van der Waals surface area contributed by atoms with E-state index in [1.54, 1.807) is 0 Å². The van der Waals surface area contributed by atoms with Gasteiger partial charge in [0.2, 0.25) is 0 Å². The minimum absolute atomic E-state index is 0.428. The molecule has 0 bridgehead atoms. The second-order valence-corrected chi connectivity index (χ2v) is 6.92. The summed E-state index contributed by atoms with van der Waals surface area (Å²) in [7, 11) is 0. The summed E-state index contributed by atoms with van der Waals surface area (Å²) in [6, 6.07) is 8.43. The number of benzene rings is 1. The summed E-state index contributed by atoms with van der Waals surface area (Å²) in [6.45, 7) is 6.78. The Morgan fingerprint density at radius 3 is 2.48 bits per heavy atom. The molecule has 1 aliphatic carbocycles. The van der Waals surface area contributed by atoms with Crippen LogP contribution in [-0.4, -0.2) is 31.2 Å². The van der Waals surface area contributed by atoms with Crippen LogP contribution in [0.2, 0.25) is 0 Å². The minimum Gasteiger partial charge on any atom is -0.371 e. The maximum Gasteiger partial charge on any atom is 0.0398 e. The Balaban J connectivity index is 1.54. The number of hydrogen-bond acceptors (Lipinski definition) is 3. The van der Waals surface area contributed by atoms with Crippen LogP contribution in [0.1, 0.15) is 43.2 Å². The van der Waals surface area contributed by atoms with E-state index in [0.717, 1.165) is 6.42 Å². The Labute approximate surface area is 128 Å². The standard InChI is InChI=1S/C18H29N3/c1-13-4-3-5-18(14(13)2)21-10-8-16(9-11-21)20-17-7-6-15(19)12-17/h3-5,15-17,20H,6-12,19H2,1-2H3/t15-,17-/m0/s1. The lowest BCUT2D eigenvalue weighted by Gasteiger charge is -2.36. The molecule has 1 saturated carbocycles. The smallest absolute Gasteiger partial charge is 0.0398 e. The molecule has 1 aromatic carbocycles. The van der Waals surface area contributed by atoms with Crippen LogP contribution in [-0.2, 0) is 0 Å². The van der Waals surface area contributed by atoms with E-state index in [-0.39, 0.29) is 0 Å². The summed E-state index contributed by atoms with van der Waals surface area (Å²) in [6.07, 6.45) is 6.12. The Kier molecular flexibility index (Phi) is 4.51. The van der Waals surface area contributed by atoms with E-state index in [2.05, 4.69) is 42.3 Å². The van der Waals surface area contributed by atoms with Gasteiger partial charge in [-0.25, -0.2) is 0 Å². The molecule has 21 heavy (non-hydrogen) atoms. The number of piperidine rings is 1. The number of aryl methyl sites for hydroxylation is 1. The number of nitrogens with two attached hydrogens (primary N) is 1. The molecule has 0 radical (unpaired) electrons. The van der Waals surface area contributed by atoms with E-state index in [4.69, 9.17) is 5.73 Å². The molecule has 2 atom stereocenters. The van der Waals surface area contributed by atoms with Crippen LogP contribution in [0.15, 0.2) is 18.2 Å². The van der Waals surface area contributed by atoms with Gasteiger partial charge in [-0.05, 0) is 63.1 Å². The molecule has 0 unspecified atom stereocenters. The topological polar surface area (TPSA) is 41.3 Å². The van der Waals surface area contributed by atoms with Gasteiger partial charge in [0.25, 0.3) is 0 Å². The van der Waals surface area contributed by atoms with Gasteiger partial charge in [0.1, 0.15) is 0 Å². The summed E-state index contributed by atoms with van der Waals surface area (Å²) in [5.74, 6) is 0. The predicted octanol–water partition coefficient (Wildman–Crippen LogP) is 2.74. The molecule has 1 saturated heterocycles. The molecule has 0 spiro atoms. The molecule has 1 aliphatic heterocycles. The van der Waals surface area contributed by atoms with Crippen molar-refractivity contribution in [1.29, 1.82) is 0 Å². The second-order valence-electron chi connectivity index (χ2n) is 6.92. The van der Waals surface area contributed by atoms with E-state index >= 15 is 0 Å². The van der Waals surface area contributed by atoms with Crippen LogP contribution in [0.4, 0.5) is 5.69 Å². The SMILES string of the molecule is Cc1cccc(N2CCC(N[C@H]3CC[C@H](N)C3)CC2)c1C. The minimum atomic E-state index is 0.428. The van der Waals surface area contributed by atoms with Gasteiger partial charge in [-0.3, -0.25) is 0 Å². The Hall–Kier alpha value is -1.06. The zero-order valence-electron chi connectivity index (χ0n) is 13.4. The van der Waals surface area contributed by atoms with Crippen molar-refractivity contribution in [3.63, 3.8) is 0 Å². The van der Waals surface area contributed by atoms with Crippen LogP contribution in [0, 0.1) is 13.8 Å². The average Bonchev–Trinajstić information content (AvgIpc) is 2.88. The third-order valence-corrected chi connectivity index (χ3v) is 5.36. The fraction of sp³-hybridized carbons (Fsp3) is 0.667. The van der Waals surface area contributed by atoms with Crippen molar-refractivity contribution >= 4 is 5.69 Å². The first-order chi connectivity index (χ1) is 10.1. The lowest BCUT2D eigenvalue weighted by molar-refractivity contribution is 0.366. The third-order valence-electron chi connectivity index (χ3n) is 5.36. The highest BCUT2D eigenvalue weighted by atomic mass is 15.2. The van der Waals surface area contributed by atoms with Crippen molar-refractivity contribution in [2.75, 3.05) is 18.0 Å². The lowest BCUT2D eigenvalue weighted by atomic mass is 10.0. The van der Waals surface area contributed by atoms with Crippen molar-refractivity contribution in [2.45, 2.75) is 64.1 Å². The normalized spacial score (nSPS) is 27.3. The van der Waals surface area contributed by atoms with Gasteiger partial charge in [0, 0.05) is 36.9 Å². The van der Waals surface area contributed by atoms with Crippen molar-refractivity contribution in [3.8, 4) is 0 Å². The molecule has 0 amide bonds. The number of nitrogens with one attached hydrogen (secondary N) is 1. The summed E-state index contributed by atoms with van der Waals surface area (Å²) in [5, 5.41) is 3.84. The number of rotatable bonds is 3. The number of hydrogen-bond donors (Lipinski definition) is 2. The molecule has 0 aromatic heterocycles. The highest BCUT2D eigenvalue weighted by molar-refractivity contribution is 5.56. The van der Waals surface area contributed by atoms with Crippen molar-refractivity contribution in [1.82, 2.24) is 5.32 Å². The van der Waals surface area contributed by atoms with Gasteiger partial charge < -0.3 is 16.0 Å². The highest BCUT2D eigenvalue weighted by Crippen LogP contribution is 2.26. The molecule has 3 rings (SSSR count). The Morgan fingerprint density at radius 1 is 1.05 bits per heavy atom. The second kappa shape index (κ2) is 6.37. The fourth-order valence-corrected chi connectivity index (χ4v) is 3.87. The van der Waals surface area contributed by atoms with Crippen molar-refractivity contribution in [3.05, 3.63) is 29.3 Å². The molecule has 1 heterocycles. The average molecular weight is 287 g/mol. The molecular weight excluding hydrogens is 258 g/mol. The first kappa shape index (κ1) is 14.9. The Bertz CT molecular complexity index is 477. The third kappa shape index (κ3) is 3.41. The molecular formula is C18H29N3.